The van der Waals surface area contributed by atoms with Crippen molar-refractivity contribution in [2.75, 3.05) is 0 Å². The largest absolute Gasteiger partial charge is 0.382 e. The van der Waals surface area contributed by atoms with Gasteiger partial charge in [-0.15, -0.1) is 11.6 Å². The Morgan fingerprint density at radius 1 is 1.35 bits per heavy atom. The van der Waals surface area contributed by atoms with Crippen molar-refractivity contribution >= 4 is 17.4 Å². The third-order valence-corrected chi connectivity index (χ3v) is 2.21. The molecule has 0 aliphatic heterocycles. The summed E-state index contributed by atoms with van der Waals surface area (Å²) >= 11 is 5.64. The SMILES string of the molecule is CC(C)(O)C(=O)c1cccc(CCl)c1.CCC. The molecule has 0 fully saturated rings. The molecule has 3 heteroatoms. The van der Waals surface area contributed by atoms with E-state index in [0.29, 0.717) is 11.4 Å². The maximum atomic E-state index is 11.6. The van der Waals surface area contributed by atoms with E-state index in [0.717, 1.165) is 5.56 Å². The molecule has 1 rings (SSSR count). The normalized spacial score (nSPS) is 10.5. The number of carbonyl (C=O) groups is 1. The van der Waals surface area contributed by atoms with Gasteiger partial charge in [-0.05, 0) is 25.5 Å². The molecule has 0 aromatic heterocycles. The fourth-order valence-electron chi connectivity index (χ4n) is 1.15. The Labute approximate surface area is 109 Å². The van der Waals surface area contributed by atoms with E-state index in [9.17, 15) is 9.90 Å². The van der Waals surface area contributed by atoms with Gasteiger partial charge < -0.3 is 5.11 Å². The van der Waals surface area contributed by atoms with Crippen LogP contribution >= 0.6 is 11.6 Å². The number of carbonyl (C=O) groups excluding carboxylic acids is 1. The average Bonchev–Trinajstić information content (AvgIpc) is 2.28. The Kier molecular flexibility index (Phi) is 7.09. The number of rotatable bonds is 3. The third kappa shape index (κ3) is 5.85. The van der Waals surface area contributed by atoms with E-state index >= 15 is 0 Å². The van der Waals surface area contributed by atoms with E-state index in [1.807, 2.05) is 6.07 Å². The van der Waals surface area contributed by atoms with Gasteiger partial charge in [-0.2, -0.15) is 0 Å². The number of hydrogen-bond acceptors (Lipinski definition) is 2. The maximum absolute atomic E-state index is 11.6. The van der Waals surface area contributed by atoms with Gasteiger partial charge in [0.05, 0.1) is 0 Å². The van der Waals surface area contributed by atoms with Crippen LogP contribution < -0.4 is 0 Å². The molecule has 2 nitrogen and oxygen atoms in total. The molecule has 0 saturated heterocycles. The predicted molar refractivity (Wildman–Crippen MR) is 72.6 cm³/mol. The second-order valence-electron chi connectivity index (χ2n) is 4.43. The van der Waals surface area contributed by atoms with E-state index in [4.69, 9.17) is 11.6 Å². The number of Topliss-reactive ketones (excluding diaryl/α,β-unsaturated/α-hetero) is 1. The van der Waals surface area contributed by atoms with E-state index in [2.05, 4.69) is 13.8 Å². The zero-order valence-corrected chi connectivity index (χ0v) is 11.7. The van der Waals surface area contributed by atoms with Gasteiger partial charge in [0.2, 0.25) is 0 Å². The molecule has 0 spiro atoms. The van der Waals surface area contributed by atoms with E-state index < -0.39 is 5.60 Å². The van der Waals surface area contributed by atoms with E-state index in [1.165, 1.54) is 20.3 Å². The van der Waals surface area contributed by atoms with Gasteiger partial charge in [0.1, 0.15) is 5.60 Å². The Morgan fingerprint density at radius 2 is 1.88 bits per heavy atom. The Hall–Kier alpha value is -0.860. The highest BCUT2D eigenvalue weighted by molar-refractivity contribution is 6.17. The summed E-state index contributed by atoms with van der Waals surface area (Å²) in [5, 5.41) is 9.52. The zero-order valence-electron chi connectivity index (χ0n) is 11.0. The lowest BCUT2D eigenvalue weighted by Gasteiger charge is -2.15. The van der Waals surface area contributed by atoms with Crippen LogP contribution in [0.4, 0.5) is 0 Å². The molecule has 0 saturated carbocycles. The van der Waals surface area contributed by atoms with Crippen LogP contribution in [0.3, 0.4) is 0 Å². The molecule has 1 aromatic carbocycles. The molecule has 1 aromatic rings. The Morgan fingerprint density at radius 3 is 2.29 bits per heavy atom. The summed E-state index contributed by atoms with van der Waals surface area (Å²) in [7, 11) is 0. The summed E-state index contributed by atoms with van der Waals surface area (Å²) in [6.45, 7) is 7.20. The standard InChI is InChI=1S/C11H13ClO2.C3H8/c1-11(2,14)10(13)9-5-3-4-8(6-9)7-12;1-3-2/h3-6,14H,7H2,1-2H3;3H2,1-2H3. The molecule has 1 N–H and O–H groups in total. The van der Waals surface area contributed by atoms with Crippen LogP contribution in [-0.2, 0) is 5.88 Å². The highest BCUT2D eigenvalue weighted by Gasteiger charge is 2.24. The highest BCUT2D eigenvalue weighted by Crippen LogP contribution is 2.14. The van der Waals surface area contributed by atoms with Crippen molar-refractivity contribution in [3.8, 4) is 0 Å². The number of ketones is 1. The van der Waals surface area contributed by atoms with Crippen molar-refractivity contribution in [1.82, 2.24) is 0 Å². The molecule has 0 aliphatic rings. The van der Waals surface area contributed by atoms with Crippen LogP contribution in [0.5, 0.6) is 0 Å². The van der Waals surface area contributed by atoms with E-state index in [1.54, 1.807) is 18.2 Å². The van der Waals surface area contributed by atoms with Gasteiger partial charge in [-0.1, -0.05) is 38.5 Å². The molecule has 0 amide bonds. The van der Waals surface area contributed by atoms with Crippen molar-refractivity contribution in [3.05, 3.63) is 35.4 Å². The number of halogens is 1. The Balaban J connectivity index is 0.000000770. The van der Waals surface area contributed by atoms with Gasteiger partial charge in [-0.3, -0.25) is 4.79 Å². The molecule has 96 valence electrons. The van der Waals surface area contributed by atoms with E-state index in [-0.39, 0.29) is 5.78 Å². The first-order valence-electron chi connectivity index (χ1n) is 5.78. The lowest BCUT2D eigenvalue weighted by atomic mass is 9.96. The van der Waals surface area contributed by atoms with Gasteiger partial charge >= 0.3 is 0 Å². The maximum Gasteiger partial charge on any atom is 0.193 e. The predicted octanol–water partition coefficient (Wildman–Crippen LogP) is 3.80. The summed E-state index contributed by atoms with van der Waals surface area (Å²) in [4.78, 5) is 11.6. The number of hydrogen-bond donors (Lipinski definition) is 1. The van der Waals surface area contributed by atoms with Gasteiger partial charge in [-0.25, -0.2) is 0 Å². The smallest absolute Gasteiger partial charge is 0.193 e. The molecule has 0 atom stereocenters. The van der Waals surface area contributed by atoms with Crippen LogP contribution in [0.1, 0.15) is 50.0 Å². The second-order valence-corrected chi connectivity index (χ2v) is 4.70. The summed E-state index contributed by atoms with van der Waals surface area (Å²) in [6.07, 6.45) is 1.25. The van der Waals surface area contributed by atoms with Crippen molar-refractivity contribution in [3.63, 3.8) is 0 Å². The quantitative estimate of drug-likeness (QED) is 0.660. The zero-order chi connectivity index (χ0) is 13.5. The third-order valence-electron chi connectivity index (χ3n) is 1.90. The monoisotopic (exact) mass is 256 g/mol. The summed E-state index contributed by atoms with van der Waals surface area (Å²) < 4.78 is 0. The lowest BCUT2D eigenvalue weighted by molar-refractivity contribution is 0.0488. The first-order chi connectivity index (χ1) is 7.86. The minimum Gasteiger partial charge on any atom is -0.382 e. The highest BCUT2D eigenvalue weighted by atomic mass is 35.5. The molecule has 0 bridgehead atoms. The van der Waals surface area contributed by atoms with Crippen molar-refractivity contribution < 1.29 is 9.90 Å². The second kappa shape index (κ2) is 7.46. The molecule has 17 heavy (non-hydrogen) atoms. The van der Waals surface area contributed by atoms with Crippen LogP contribution in [0.2, 0.25) is 0 Å². The molecular formula is C14H21ClO2. The van der Waals surface area contributed by atoms with Crippen LogP contribution in [0.15, 0.2) is 24.3 Å². The molecule has 0 aliphatic carbocycles. The minimum absolute atomic E-state index is 0.288. The van der Waals surface area contributed by atoms with Crippen molar-refractivity contribution in [1.29, 1.82) is 0 Å². The summed E-state index contributed by atoms with van der Waals surface area (Å²) in [5.74, 6) is 0.0805. The summed E-state index contributed by atoms with van der Waals surface area (Å²) in [6, 6.07) is 6.98. The molecule has 0 radical (unpaired) electrons. The summed E-state index contributed by atoms with van der Waals surface area (Å²) in [5.41, 5.74) is 0.0442. The molecular weight excluding hydrogens is 236 g/mol. The first-order valence-corrected chi connectivity index (χ1v) is 6.32. The van der Waals surface area contributed by atoms with Crippen molar-refractivity contribution in [2.24, 2.45) is 0 Å². The van der Waals surface area contributed by atoms with Gasteiger partial charge in [0.25, 0.3) is 0 Å². The average molecular weight is 257 g/mol. The fraction of sp³-hybridized carbons (Fsp3) is 0.500. The first kappa shape index (κ1) is 16.1. The topological polar surface area (TPSA) is 37.3 Å². The lowest BCUT2D eigenvalue weighted by Crippen LogP contribution is -2.31. The molecule has 0 heterocycles. The minimum atomic E-state index is -1.33. The Bertz CT molecular complexity index is 353. The fourth-order valence-corrected chi connectivity index (χ4v) is 1.32. The number of aliphatic hydroxyl groups is 1. The van der Waals surface area contributed by atoms with Crippen LogP contribution in [-0.4, -0.2) is 16.5 Å². The van der Waals surface area contributed by atoms with Crippen LogP contribution in [0.25, 0.3) is 0 Å². The van der Waals surface area contributed by atoms with Crippen LogP contribution in [0, 0.1) is 0 Å². The van der Waals surface area contributed by atoms with Gasteiger partial charge in [0, 0.05) is 11.4 Å². The molecule has 0 unspecified atom stereocenters. The number of benzene rings is 1. The number of alkyl halides is 1. The van der Waals surface area contributed by atoms with Crippen molar-refractivity contribution in [2.45, 2.75) is 45.6 Å². The van der Waals surface area contributed by atoms with Gasteiger partial charge in [0.15, 0.2) is 5.78 Å².